The maximum atomic E-state index is 12.8. The molecule has 0 fully saturated rings. The number of carbonyl (C=O) groups is 2. The molecule has 0 aliphatic carbocycles. The number of allylic oxidation sites excluding steroid dienone is 18. The van der Waals surface area contributed by atoms with Crippen molar-refractivity contribution in [3.8, 4) is 0 Å². The molecule has 0 amide bonds. The Morgan fingerprint density at radius 1 is 0.383 bits per heavy atom. The summed E-state index contributed by atoms with van der Waals surface area (Å²) in [6.45, 7) is 7.44. The maximum Gasteiger partial charge on any atom is 0.306 e. The van der Waals surface area contributed by atoms with Crippen molar-refractivity contribution >= 4 is 11.9 Å². The van der Waals surface area contributed by atoms with E-state index in [4.69, 9.17) is 14.2 Å². The summed E-state index contributed by atoms with van der Waals surface area (Å²) in [5.74, 6) is -0.482. The van der Waals surface area contributed by atoms with Gasteiger partial charge in [0.15, 0.2) is 6.10 Å². The summed E-state index contributed by atoms with van der Waals surface area (Å²) in [6, 6.07) is 0. The van der Waals surface area contributed by atoms with Crippen molar-refractivity contribution < 1.29 is 23.8 Å². The highest BCUT2D eigenvalue weighted by Crippen LogP contribution is 2.12. The van der Waals surface area contributed by atoms with Crippen molar-refractivity contribution in [1.29, 1.82) is 0 Å². The lowest BCUT2D eigenvalue weighted by molar-refractivity contribution is -0.163. The van der Waals surface area contributed by atoms with E-state index >= 15 is 0 Å². The van der Waals surface area contributed by atoms with E-state index < -0.39 is 6.10 Å². The van der Waals surface area contributed by atoms with E-state index in [1.165, 1.54) is 44.9 Å². The molecule has 0 saturated heterocycles. The molecule has 0 saturated carbocycles. The SMILES string of the molecule is CC/C=C\C/C=C\C/C=C\C/C=C\CCCCCOCC(COC(=O)CCCC/C=C\C/C=C\C/C=C\C/C=C\CC)OC(=O)CCCCCCC/C=C\CCCCCC. The third kappa shape index (κ3) is 47.2. The second kappa shape index (κ2) is 49.9. The molecule has 0 rings (SSSR count). The molecule has 0 spiro atoms. The molecular formula is C55H90O5. The van der Waals surface area contributed by atoms with Gasteiger partial charge in [0, 0.05) is 19.4 Å². The summed E-state index contributed by atoms with van der Waals surface area (Å²) in [7, 11) is 0. The number of esters is 2. The molecule has 0 aliphatic heterocycles. The minimum absolute atomic E-state index is 0.0411. The van der Waals surface area contributed by atoms with Crippen molar-refractivity contribution in [3.63, 3.8) is 0 Å². The van der Waals surface area contributed by atoms with Crippen LogP contribution in [0.2, 0.25) is 0 Å². The lowest BCUT2D eigenvalue weighted by Gasteiger charge is -2.18. The Hall–Kier alpha value is -3.44. The molecule has 0 radical (unpaired) electrons. The van der Waals surface area contributed by atoms with Crippen LogP contribution in [0.5, 0.6) is 0 Å². The van der Waals surface area contributed by atoms with Gasteiger partial charge in [-0.05, 0) is 122 Å². The van der Waals surface area contributed by atoms with Gasteiger partial charge in [-0.15, -0.1) is 0 Å². The van der Waals surface area contributed by atoms with Crippen LogP contribution in [0, 0.1) is 0 Å². The Balaban J connectivity index is 4.43. The van der Waals surface area contributed by atoms with E-state index in [9.17, 15) is 9.59 Å². The zero-order valence-electron chi connectivity index (χ0n) is 38.9. The molecule has 0 bridgehead atoms. The van der Waals surface area contributed by atoms with Crippen molar-refractivity contribution in [2.45, 2.75) is 207 Å². The van der Waals surface area contributed by atoms with Crippen LogP contribution in [0.1, 0.15) is 201 Å². The molecule has 0 aromatic carbocycles. The van der Waals surface area contributed by atoms with Crippen LogP contribution >= 0.6 is 0 Å². The van der Waals surface area contributed by atoms with Crippen LogP contribution in [-0.2, 0) is 23.8 Å². The zero-order valence-corrected chi connectivity index (χ0v) is 38.9. The lowest BCUT2D eigenvalue weighted by Crippen LogP contribution is -2.30. The number of hydrogen-bond donors (Lipinski definition) is 0. The van der Waals surface area contributed by atoms with Crippen LogP contribution in [0.3, 0.4) is 0 Å². The predicted octanol–water partition coefficient (Wildman–Crippen LogP) is 16.4. The van der Waals surface area contributed by atoms with Gasteiger partial charge >= 0.3 is 11.9 Å². The molecule has 0 aromatic rings. The quantitative estimate of drug-likeness (QED) is 0.0348. The first-order valence-electron chi connectivity index (χ1n) is 24.4. The highest BCUT2D eigenvalue weighted by atomic mass is 16.6. The average molecular weight is 831 g/mol. The van der Waals surface area contributed by atoms with E-state index in [0.717, 1.165) is 122 Å². The first-order valence-corrected chi connectivity index (χ1v) is 24.4. The van der Waals surface area contributed by atoms with Gasteiger partial charge in [0.2, 0.25) is 0 Å². The largest absolute Gasteiger partial charge is 0.462 e. The molecule has 0 aliphatic rings. The van der Waals surface area contributed by atoms with Crippen molar-refractivity contribution in [2.75, 3.05) is 19.8 Å². The molecule has 0 N–H and O–H groups in total. The number of ether oxygens (including phenoxy) is 3. The average Bonchev–Trinajstić information content (AvgIpc) is 3.25. The fourth-order valence-electron chi connectivity index (χ4n) is 6.19. The van der Waals surface area contributed by atoms with E-state index in [1.54, 1.807) is 0 Å². The van der Waals surface area contributed by atoms with Gasteiger partial charge in [-0.25, -0.2) is 0 Å². The summed E-state index contributed by atoms with van der Waals surface area (Å²) < 4.78 is 17.3. The van der Waals surface area contributed by atoms with Gasteiger partial charge in [0.1, 0.15) is 6.61 Å². The highest BCUT2D eigenvalue weighted by Gasteiger charge is 2.17. The highest BCUT2D eigenvalue weighted by molar-refractivity contribution is 5.70. The minimum atomic E-state index is -0.580. The smallest absolute Gasteiger partial charge is 0.306 e. The molecular weight excluding hydrogens is 741 g/mol. The number of carbonyl (C=O) groups excluding carboxylic acids is 2. The van der Waals surface area contributed by atoms with Crippen LogP contribution in [-0.4, -0.2) is 37.9 Å². The van der Waals surface area contributed by atoms with Gasteiger partial charge < -0.3 is 14.2 Å². The molecule has 1 atom stereocenters. The van der Waals surface area contributed by atoms with Crippen LogP contribution in [0.15, 0.2) is 109 Å². The van der Waals surface area contributed by atoms with Gasteiger partial charge in [-0.1, -0.05) is 175 Å². The maximum absolute atomic E-state index is 12.8. The fraction of sp³-hybridized carbons (Fsp3) is 0.636. The van der Waals surface area contributed by atoms with Crippen LogP contribution in [0.4, 0.5) is 0 Å². The third-order valence-electron chi connectivity index (χ3n) is 9.77. The fourth-order valence-corrected chi connectivity index (χ4v) is 6.19. The minimum Gasteiger partial charge on any atom is -0.462 e. The van der Waals surface area contributed by atoms with E-state index in [1.807, 2.05) is 0 Å². The zero-order chi connectivity index (χ0) is 43.5. The Morgan fingerprint density at radius 2 is 0.750 bits per heavy atom. The Morgan fingerprint density at radius 3 is 1.25 bits per heavy atom. The summed E-state index contributed by atoms with van der Waals surface area (Å²) >= 11 is 0. The molecule has 340 valence electrons. The van der Waals surface area contributed by atoms with Crippen molar-refractivity contribution in [1.82, 2.24) is 0 Å². The second-order valence-electron chi connectivity index (χ2n) is 15.6. The van der Waals surface area contributed by atoms with E-state index in [2.05, 4.69) is 130 Å². The Kier molecular flexibility index (Phi) is 47.1. The third-order valence-corrected chi connectivity index (χ3v) is 9.77. The molecule has 5 heteroatoms. The first kappa shape index (κ1) is 56.6. The Bertz CT molecular complexity index is 1210. The van der Waals surface area contributed by atoms with Gasteiger partial charge in [0.25, 0.3) is 0 Å². The lowest BCUT2D eigenvalue weighted by atomic mass is 10.1. The van der Waals surface area contributed by atoms with Gasteiger partial charge in [0.05, 0.1) is 6.61 Å². The Labute approximate surface area is 370 Å². The standard InChI is InChI=1S/C55H90O5/c1-4-7-10-13-16-19-22-25-27-29-32-35-38-41-44-47-50-58-51-53(60-55(57)49-46-43-40-37-34-30-24-21-18-15-12-9-6-3)52-59-54(56)48-45-42-39-36-33-31-28-26-23-20-17-14-11-8-5-2/h7-8,10-11,16-17,19-21,24-28,32-33,35-36,53H,4-6,9,12-15,18,22-23,29-31,34,37-52H2,1-3H3/b10-7-,11-8-,19-16-,20-17-,24-21-,27-25-,28-26-,35-32-,36-33-. The predicted molar refractivity (Wildman–Crippen MR) is 260 cm³/mol. The normalized spacial score (nSPS) is 13.2. The number of hydrogen-bond acceptors (Lipinski definition) is 5. The van der Waals surface area contributed by atoms with Crippen molar-refractivity contribution in [2.24, 2.45) is 0 Å². The number of unbranched alkanes of at least 4 members (excludes halogenated alkanes) is 14. The second-order valence-corrected chi connectivity index (χ2v) is 15.6. The topological polar surface area (TPSA) is 61.8 Å². The van der Waals surface area contributed by atoms with Crippen LogP contribution in [0.25, 0.3) is 0 Å². The summed E-state index contributed by atoms with van der Waals surface area (Å²) in [5, 5.41) is 0. The van der Waals surface area contributed by atoms with Crippen LogP contribution < -0.4 is 0 Å². The molecule has 1 unspecified atom stereocenters. The molecule has 60 heavy (non-hydrogen) atoms. The monoisotopic (exact) mass is 831 g/mol. The molecule has 0 aromatic heterocycles. The molecule has 0 heterocycles. The van der Waals surface area contributed by atoms with Crippen molar-refractivity contribution in [3.05, 3.63) is 109 Å². The first-order chi connectivity index (χ1) is 29.6. The summed E-state index contributed by atoms with van der Waals surface area (Å²) in [4.78, 5) is 25.3. The van der Waals surface area contributed by atoms with E-state index in [-0.39, 0.29) is 25.2 Å². The van der Waals surface area contributed by atoms with E-state index in [0.29, 0.717) is 19.4 Å². The van der Waals surface area contributed by atoms with Gasteiger partial charge in [-0.2, -0.15) is 0 Å². The number of rotatable bonds is 43. The summed E-state index contributed by atoms with van der Waals surface area (Å²) in [5.41, 5.74) is 0. The molecule has 5 nitrogen and oxygen atoms in total. The van der Waals surface area contributed by atoms with Gasteiger partial charge in [-0.3, -0.25) is 9.59 Å². The summed E-state index contributed by atoms with van der Waals surface area (Å²) in [6.07, 6.45) is 68.1.